The number of likely N-dealkylation sites (tertiary alicyclic amines) is 1. The third-order valence-electron chi connectivity index (χ3n) is 5.56. The van der Waals surface area contributed by atoms with Gasteiger partial charge >= 0.3 is 0 Å². The fourth-order valence-electron chi connectivity index (χ4n) is 3.96. The summed E-state index contributed by atoms with van der Waals surface area (Å²) in [5.74, 6) is 0.605. The van der Waals surface area contributed by atoms with E-state index < -0.39 is 5.41 Å². The van der Waals surface area contributed by atoms with Crippen LogP contribution < -0.4 is 10.1 Å². The Morgan fingerprint density at radius 3 is 2.54 bits per heavy atom. The predicted octanol–water partition coefficient (Wildman–Crippen LogP) is 3.45. The van der Waals surface area contributed by atoms with Gasteiger partial charge in [-0.15, -0.1) is 0 Å². The van der Waals surface area contributed by atoms with Crippen LogP contribution >= 0.6 is 0 Å². The molecule has 28 heavy (non-hydrogen) atoms. The maximum atomic E-state index is 12.6. The topological polar surface area (TPSA) is 71.5 Å². The summed E-state index contributed by atoms with van der Waals surface area (Å²) in [5, 5.41) is 2.96. The molecule has 2 fully saturated rings. The van der Waals surface area contributed by atoms with Crippen LogP contribution in [0.5, 0.6) is 5.88 Å². The zero-order valence-electron chi connectivity index (χ0n) is 17.4. The van der Waals surface area contributed by atoms with Gasteiger partial charge in [0.1, 0.15) is 12.1 Å². The molecule has 1 aliphatic carbocycles. The van der Waals surface area contributed by atoms with E-state index >= 15 is 0 Å². The zero-order valence-corrected chi connectivity index (χ0v) is 17.4. The Morgan fingerprint density at radius 1 is 1.14 bits per heavy atom. The van der Waals surface area contributed by atoms with Crippen LogP contribution in [-0.2, 0) is 16.1 Å². The minimum atomic E-state index is -0.471. The summed E-state index contributed by atoms with van der Waals surface area (Å²) < 4.78 is 5.95. The second kappa shape index (κ2) is 8.93. The molecule has 154 valence electrons. The molecule has 1 aromatic rings. The van der Waals surface area contributed by atoms with Crippen molar-refractivity contribution in [2.24, 2.45) is 5.41 Å². The molecule has 2 amide bonds. The third-order valence-corrected chi connectivity index (χ3v) is 5.56. The molecule has 6 heteroatoms. The van der Waals surface area contributed by atoms with Crippen molar-refractivity contribution in [3.05, 3.63) is 23.9 Å². The second-order valence-corrected chi connectivity index (χ2v) is 9.01. The molecule has 1 atom stereocenters. The zero-order chi connectivity index (χ0) is 20.1. The molecule has 1 aromatic heterocycles. The molecule has 1 saturated carbocycles. The fourth-order valence-corrected chi connectivity index (χ4v) is 3.96. The summed E-state index contributed by atoms with van der Waals surface area (Å²) in [4.78, 5) is 31.3. The Morgan fingerprint density at radius 2 is 1.89 bits per heavy atom. The van der Waals surface area contributed by atoms with E-state index in [2.05, 4.69) is 10.3 Å². The summed E-state index contributed by atoms with van der Waals surface area (Å²) in [6.45, 7) is 6.74. The van der Waals surface area contributed by atoms with Crippen molar-refractivity contribution in [2.75, 3.05) is 6.54 Å². The number of carbonyl (C=O) groups excluding carboxylic acids is 2. The predicted molar refractivity (Wildman–Crippen MR) is 108 cm³/mol. The molecule has 1 saturated heterocycles. The number of nitrogens with zero attached hydrogens (tertiary/aromatic N) is 2. The SMILES string of the molecule is CC(C)(C)C(=O)N1CCC[C@@H]1C(=O)NCc1ccc(OC2CCCCC2)nc1. The standard InChI is InChI=1S/C22H33N3O3/c1-22(2,3)21(27)25-13-7-10-18(25)20(26)24-15-16-11-12-19(23-14-16)28-17-8-5-4-6-9-17/h11-12,14,17-18H,4-10,13,15H2,1-3H3,(H,24,26)/t18-/m1/s1. The van der Waals surface area contributed by atoms with Crippen LogP contribution in [0.4, 0.5) is 0 Å². The molecule has 2 aliphatic rings. The molecule has 6 nitrogen and oxygen atoms in total. The first kappa shape index (κ1) is 20.6. The molecule has 0 aromatic carbocycles. The Balaban J connectivity index is 1.50. The van der Waals surface area contributed by atoms with Gasteiger partial charge in [-0.1, -0.05) is 33.3 Å². The molecular formula is C22H33N3O3. The molecule has 1 aliphatic heterocycles. The Bertz CT molecular complexity index is 675. The van der Waals surface area contributed by atoms with Crippen LogP contribution in [0.15, 0.2) is 18.3 Å². The van der Waals surface area contributed by atoms with Gasteiger partial charge in [-0.3, -0.25) is 9.59 Å². The van der Waals surface area contributed by atoms with E-state index in [-0.39, 0.29) is 24.0 Å². The maximum Gasteiger partial charge on any atom is 0.243 e. The van der Waals surface area contributed by atoms with Gasteiger partial charge in [0, 0.05) is 30.8 Å². The van der Waals surface area contributed by atoms with Crippen LogP contribution in [0, 0.1) is 5.41 Å². The number of carbonyl (C=O) groups is 2. The highest BCUT2D eigenvalue weighted by Gasteiger charge is 2.38. The summed E-state index contributed by atoms with van der Waals surface area (Å²) in [7, 11) is 0. The Kier molecular flexibility index (Phi) is 6.57. The first-order chi connectivity index (χ1) is 13.3. The average Bonchev–Trinajstić information content (AvgIpc) is 3.16. The summed E-state index contributed by atoms with van der Waals surface area (Å²) >= 11 is 0. The minimum absolute atomic E-state index is 0.0380. The van der Waals surface area contributed by atoms with Crippen molar-refractivity contribution in [1.29, 1.82) is 0 Å². The van der Waals surface area contributed by atoms with Crippen molar-refractivity contribution < 1.29 is 14.3 Å². The molecule has 0 unspecified atom stereocenters. The average molecular weight is 388 g/mol. The lowest BCUT2D eigenvalue weighted by molar-refractivity contribution is -0.144. The number of hydrogen-bond acceptors (Lipinski definition) is 4. The van der Waals surface area contributed by atoms with Crippen molar-refractivity contribution in [3.63, 3.8) is 0 Å². The van der Waals surface area contributed by atoms with Gasteiger partial charge in [0.25, 0.3) is 0 Å². The number of aromatic nitrogens is 1. The first-order valence-electron chi connectivity index (χ1n) is 10.5. The molecule has 0 spiro atoms. The van der Waals surface area contributed by atoms with Gasteiger partial charge in [-0.25, -0.2) is 4.98 Å². The fraction of sp³-hybridized carbons (Fsp3) is 0.682. The summed E-state index contributed by atoms with van der Waals surface area (Å²) in [5.41, 5.74) is 0.456. The van der Waals surface area contributed by atoms with E-state index in [1.165, 1.54) is 19.3 Å². The molecule has 0 radical (unpaired) electrons. The number of nitrogens with one attached hydrogen (secondary N) is 1. The van der Waals surface area contributed by atoms with Gasteiger partial charge in [-0.2, -0.15) is 0 Å². The van der Waals surface area contributed by atoms with Gasteiger partial charge in [0.05, 0.1) is 0 Å². The molecule has 2 heterocycles. The molecule has 1 N–H and O–H groups in total. The van der Waals surface area contributed by atoms with Crippen LogP contribution in [0.3, 0.4) is 0 Å². The van der Waals surface area contributed by atoms with Crippen LogP contribution in [0.1, 0.15) is 71.3 Å². The Labute approximate surface area is 168 Å². The van der Waals surface area contributed by atoms with Gasteiger partial charge in [0.15, 0.2) is 0 Å². The monoisotopic (exact) mass is 387 g/mol. The number of rotatable bonds is 5. The summed E-state index contributed by atoms with van der Waals surface area (Å²) in [6, 6.07) is 3.45. The highest BCUT2D eigenvalue weighted by Crippen LogP contribution is 2.26. The maximum absolute atomic E-state index is 12.6. The number of amides is 2. The van der Waals surface area contributed by atoms with E-state index in [1.807, 2.05) is 32.9 Å². The van der Waals surface area contributed by atoms with E-state index in [0.29, 0.717) is 19.0 Å². The van der Waals surface area contributed by atoms with Gasteiger partial charge < -0.3 is 15.0 Å². The Hall–Kier alpha value is -2.11. The van der Waals surface area contributed by atoms with Crippen LogP contribution in [0.25, 0.3) is 0 Å². The summed E-state index contributed by atoms with van der Waals surface area (Å²) in [6.07, 6.45) is 9.58. The first-order valence-corrected chi connectivity index (χ1v) is 10.5. The van der Waals surface area contributed by atoms with E-state index in [4.69, 9.17) is 4.74 Å². The van der Waals surface area contributed by atoms with Gasteiger partial charge in [-0.05, 0) is 44.1 Å². The lowest BCUT2D eigenvalue weighted by Crippen LogP contribution is -2.49. The number of ether oxygens (including phenoxy) is 1. The van der Waals surface area contributed by atoms with Crippen molar-refractivity contribution in [2.45, 2.75) is 84.4 Å². The smallest absolute Gasteiger partial charge is 0.243 e. The largest absolute Gasteiger partial charge is 0.474 e. The minimum Gasteiger partial charge on any atom is -0.474 e. The molecular weight excluding hydrogens is 354 g/mol. The highest BCUT2D eigenvalue weighted by atomic mass is 16.5. The lowest BCUT2D eigenvalue weighted by atomic mass is 9.94. The van der Waals surface area contributed by atoms with E-state index in [9.17, 15) is 9.59 Å². The van der Waals surface area contributed by atoms with E-state index in [1.54, 1.807) is 11.1 Å². The third kappa shape index (κ3) is 5.24. The normalized spacial score (nSPS) is 20.8. The van der Waals surface area contributed by atoms with Gasteiger partial charge in [0.2, 0.25) is 17.7 Å². The van der Waals surface area contributed by atoms with Crippen LogP contribution in [-0.4, -0.2) is 40.4 Å². The number of hydrogen-bond donors (Lipinski definition) is 1. The van der Waals surface area contributed by atoms with Crippen LogP contribution in [0.2, 0.25) is 0 Å². The number of pyridine rings is 1. The quantitative estimate of drug-likeness (QED) is 0.840. The van der Waals surface area contributed by atoms with Crippen molar-refractivity contribution in [3.8, 4) is 5.88 Å². The molecule has 3 rings (SSSR count). The molecule has 0 bridgehead atoms. The van der Waals surface area contributed by atoms with Crippen molar-refractivity contribution in [1.82, 2.24) is 15.2 Å². The van der Waals surface area contributed by atoms with E-state index in [0.717, 1.165) is 31.2 Å². The lowest BCUT2D eigenvalue weighted by Gasteiger charge is -2.30. The van der Waals surface area contributed by atoms with Crippen molar-refractivity contribution >= 4 is 11.8 Å². The second-order valence-electron chi connectivity index (χ2n) is 9.01. The highest BCUT2D eigenvalue weighted by molar-refractivity contribution is 5.90.